The number of nitrogens with one attached hydrogen (secondary N) is 2. The van der Waals surface area contributed by atoms with E-state index in [0.29, 0.717) is 12.6 Å². The minimum atomic E-state index is 0. The van der Waals surface area contributed by atoms with E-state index < -0.39 is 0 Å². The van der Waals surface area contributed by atoms with Gasteiger partial charge in [0.1, 0.15) is 5.01 Å². The zero-order valence-electron chi connectivity index (χ0n) is 18.7. The van der Waals surface area contributed by atoms with Crippen LogP contribution in [0.1, 0.15) is 41.6 Å². The van der Waals surface area contributed by atoms with Gasteiger partial charge in [0.15, 0.2) is 5.96 Å². The van der Waals surface area contributed by atoms with Crippen molar-refractivity contribution in [3.05, 3.63) is 52.0 Å². The van der Waals surface area contributed by atoms with Gasteiger partial charge >= 0.3 is 0 Å². The molecule has 2 heterocycles. The molecule has 1 fully saturated rings. The molecule has 0 bridgehead atoms. The summed E-state index contributed by atoms with van der Waals surface area (Å²) in [6.07, 6.45) is 6.61. The lowest BCUT2D eigenvalue weighted by atomic mass is 10.1. The minimum absolute atomic E-state index is 0. The van der Waals surface area contributed by atoms with E-state index in [1.807, 2.05) is 6.20 Å². The maximum atomic E-state index is 6.11. The average Bonchev–Trinajstić information content (AvgIpc) is 3.25. The molecule has 1 saturated heterocycles. The zero-order valence-corrected chi connectivity index (χ0v) is 21.8. The summed E-state index contributed by atoms with van der Waals surface area (Å²) in [6, 6.07) is 10.7. The predicted molar refractivity (Wildman–Crippen MR) is 140 cm³/mol. The number of likely N-dealkylation sites (tertiary alicyclic amines) is 1. The van der Waals surface area contributed by atoms with E-state index in [0.717, 1.165) is 69.4 Å². The molecule has 1 aliphatic rings. The van der Waals surface area contributed by atoms with E-state index in [1.165, 1.54) is 10.4 Å². The smallest absolute Gasteiger partial charge is 0.191 e. The number of rotatable bonds is 10. The van der Waals surface area contributed by atoms with E-state index in [4.69, 9.17) is 4.74 Å². The van der Waals surface area contributed by atoms with Gasteiger partial charge in [-0.05, 0) is 31.2 Å². The highest BCUT2D eigenvalue weighted by molar-refractivity contribution is 14.0. The molecule has 1 aromatic heterocycles. The lowest BCUT2D eigenvalue weighted by molar-refractivity contribution is 0.00534. The first-order chi connectivity index (χ1) is 14.8. The first kappa shape index (κ1) is 26.0. The summed E-state index contributed by atoms with van der Waals surface area (Å²) >= 11 is 1.75. The van der Waals surface area contributed by atoms with E-state index in [9.17, 15) is 0 Å². The monoisotopic (exact) mass is 557 g/mol. The summed E-state index contributed by atoms with van der Waals surface area (Å²) in [5.74, 6) is 0.817. The Hall–Kier alpha value is -1.23. The third-order valence-corrected chi connectivity index (χ3v) is 6.47. The van der Waals surface area contributed by atoms with Crippen LogP contribution < -0.4 is 10.6 Å². The molecule has 0 amide bonds. The summed E-state index contributed by atoms with van der Waals surface area (Å²) in [7, 11) is 1.80. The van der Waals surface area contributed by atoms with E-state index in [-0.39, 0.29) is 24.0 Å². The molecular weight excluding hydrogens is 521 g/mol. The summed E-state index contributed by atoms with van der Waals surface area (Å²) in [5, 5.41) is 7.78. The van der Waals surface area contributed by atoms with Crippen LogP contribution in [0.4, 0.5) is 0 Å². The third kappa shape index (κ3) is 9.43. The predicted octanol–water partition coefficient (Wildman–Crippen LogP) is 4.06. The summed E-state index contributed by atoms with van der Waals surface area (Å²) in [5.41, 5.74) is 1.39. The van der Waals surface area contributed by atoms with Crippen LogP contribution >= 0.6 is 35.3 Å². The van der Waals surface area contributed by atoms with Gasteiger partial charge in [0.2, 0.25) is 0 Å². The molecule has 0 saturated carbocycles. The number of guanidine groups is 1. The number of aromatic nitrogens is 1. The van der Waals surface area contributed by atoms with Gasteiger partial charge in [-0.15, -0.1) is 35.3 Å². The Morgan fingerprint density at radius 2 is 2.00 bits per heavy atom. The minimum Gasteiger partial charge on any atom is -0.378 e. The highest BCUT2D eigenvalue weighted by Crippen LogP contribution is 2.16. The largest absolute Gasteiger partial charge is 0.378 e. The van der Waals surface area contributed by atoms with Gasteiger partial charge in [0.05, 0.1) is 12.6 Å². The molecule has 0 aliphatic carbocycles. The number of nitrogens with zero attached hydrogens (tertiary/aromatic N) is 3. The van der Waals surface area contributed by atoms with Crippen molar-refractivity contribution in [1.82, 2.24) is 20.5 Å². The number of thiazole rings is 1. The highest BCUT2D eigenvalue weighted by atomic mass is 127. The van der Waals surface area contributed by atoms with Gasteiger partial charge < -0.3 is 15.4 Å². The molecule has 2 N–H and O–H groups in total. The fourth-order valence-electron chi connectivity index (χ4n) is 3.58. The Morgan fingerprint density at radius 1 is 1.23 bits per heavy atom. The maximum absolute atomic E-state index is 6.11. The molecule has 2 aromatic rings. The van der Waals surface area contributed by atoms with E-state index >= 15 is 0 Å². The molecule has 8 heteroatoms. The second-order valence-corrected chi connectivity index (χ2v) is 8.81. The van der Waals surface area contributed by atoms with E-state index in [2.05, 4.69) is 62.8 Å². The quantitative estimate of drug-likeness (QED) is 0.200. The highest BCUT2D eigenvalue weighted by Gasteiger charge is 2.19. The molecule has 0 atom stereocenters. The Kier molecular flexibility index (Phi) is 12.4. The van der Waals surface area contributed by atoms with E-state index in [1.54, 1.807) is 18.4 Å². The molecule has 0 radical (unpaired) electrons. The number of piperidine rings is 1. The second-order valence-electron chi connectivity index (χ2n) is 7.61. The lowest BCUT2D eigenvalue weighted by Gasteiger charge is -2.32. The van der Waals surface area contributed by atoms with Crippen LogP contribution in [-0.4, -0.2) is 55.2 Å². The van der Waals surface area contributed by atoms with Crippen LogP contribution in [0, 0.1) is 0 Å². The Balaban J connectivity index is 0.00000341. The van der Waals surface area contributed by atoms with Crippen LogP contribution in [0.3, 0.4) is 0 Å². The fraction of sp³-hybridized carbons (Fsp3) is 0.565. The van der Waals surface area contributed by atoms with Crippen molar-refractivity contribution in [1.29, 1.82) is 0 Å². The summed E-state index contributed by atoms with van der Waals surface area (Å²) in [6.45, 7) is 7.79. The second kappa shape index (κ2) is 14.8. The van der Waals surface area contributed by atoms with Gasteiger partial charge in [0.25, 0.3) is 0 Å². The SMILES string of the molecule is CCc1cnc(CNC(=NC)NCCCOC2CCN(Cc3ccccc3)CC2)s1.I. The molecule has 1 aliphatic heterocycles. The first-order valence-corrected chi connectivity index (χ1v) is 11.8. The number of hydrogen-bond donors (Lipinski definition) is 2. The number of halogens is 1. The molecule has 3 rings (SSSR count). The Labute approximate surface area is 207 Å². The first-order valence-electron chi connectivity index (χ1n) is 11.0. The van der Waals surface area contributed by atoms with Crippen molar-refractivity contribution in [3.63, 3.8) is 0 Å². The normalized spacial score (nSPS) is 15.5. The standard InChI is InChI=1S/C23H35N5OS.HI/c1-3-21-16-26-22(30-21)17-27-23(24-2)25-12-7-15-29-20-10-13-28(14-11-20)18-19-8-5-4-6-9-19;/h4-6,8-9,16,20H,3,7,10-15,17-18H2,1-2H3,(H2,24,25,27);1H. The van der Waals surface area contributed by atoms with Crippen LogP contribution in [0.25, 0.3) is 0 Å². The molecule has 0 unspecified atom stereocenters. The molecule has 6 nitrogen and oxygen atoms in total. The van der Waals surface area contributed by atoms with Crippen molar-refractivity contribution in [2.45, 2.75) is 51.8 Å². The number of benzene rings is 1. The third-order valence-electron chi connectivity index (χ3n) is 5.33. The topological polar surface area (TPSA) is 61.8 Å². The van der Waals surface area contributed by atoms with Crippen LogP contribution in [-0.2, 0) is 24.2 Å². The summed E-state index contributed by atoms with van der Waals surface area (Å²) < 4.78 is 6.11. The van der Waals surface area contributed by atoms with Crippen molar-refractivity contribution in [2.75, 3.05) is 33.3 Å². The Morgan fingerprint density at radius 3 is 2.68 bits per heavy atom. The fourth-order valence-corrected chi connectivity index (χ4v) is 4.38. The number of ether oxygens (including phenoxy) is 1. The van der Waals surface area contributed by atoms with Gasteiger partial charge in [-0.2, -0.15) is 0 Å². The molecule has 1 aromatic carbocycles. The van der Waals surface area contributed by atoms with Crippen LogP contribution in [0.2, 0.25) is 0 Å². The van der Waals surface area contributed by atoms with Crippen molar-refractivity contribution in [2.24, 2.45) is 4.99 Å². The maximum Gasteiger partial charge on any atom is 0.191 e. The molecule has 31 heavy (non-hydrogen) atoms. The van der Waals surface area contributed by atoms with Crippen molar-refractivity contribution >= 4 is 41.3 Å². The van der Waals surface area contributed by atoms with Gasteiger partial charge in [-0.25, -0.2) is 4.98 Å². The molecule has 172 valence electrons. The van der Waals surface area contributed by atoms with Crippen LogP contribution in [0.15, 0.2) is 41.5 Å². The lowest BCUT2D eigenvalue weighted by Crippen LogP contribution is -2.38. The van der Waals surface area contributed by atoms with Crippen molar-refractivity contribution in [3.8, 4) is 0 Å². The molecule has 0 spiro atoms. The van der Waals surface area contributed by atoms with Crippen molar-refractivity contribution < 1.29 is 4.74 Å². The number of hydrogen-bond acceptors (Lipinski definition) is 5. The van der Waals surface area contributed by atoms with Gasteiger partial charge in [0, 0.05) is 50.9 Å². The van der Waals surface area contributed by atoms with Gasteiger partial charge in [-0.3, -0.25) is 9.89 Å². The number of aryl methyl sites for hydroxylation is 1. The van der Waals surface area contributed by atoms with Crippen LogP contribution in [0.5, 0.6) is 0 Å². The average molecular weight is 558 g/mol. The number of aliphatic imine (C=N–C) groups is 1. The Bertz CT molecular complexity index is 762. The van der Waals surface area contributed by atoms with Gasteiger partial charge in [-0.1, -0.05) is 37.3 Å². The zero-order chi connectivity index (χ0) is 21.0. The molecular formula is C23H36IN5OS. The summed E-state index contributed by atoms with van der Waals surface area (Å²) in [4.78, 5) is 12.6.